The third-order valence-electron chi connectivity index (χ3n) is 6.24. The van der Waals surface area contributed by atoms with Crippen LogP contribution in [0, 0.1) is 11.3 Å². The first-order chi connectivity index (χ1) is 19.0. The molecule has 1 aliphatic rings. The Labute approximate surface area is 228 Å². The number of ether oxygens (including phenoxy) is 5. The number of esters is 1. The van der Waals surface area contributed by atoms with E-state index in [0.29, 0.717) is 47.3 Å². The van der Waals surface area contributed by atoms with Crippen molar-refractivity contribution < 1.29 is 28.5 Å². The van der Waals surface area contributed by atoms with Gasteiger partial charge in [0.25, 0.3) is 0 Å². The van der Waals surface area contributed by atoms with Gasteiger partial charge in [-0.2, -0.15) is 5.26 Å². The highest BCUT2D eigenvalue weighted by molar-refractivity contribution is 5.91. The molecular weight excluding hydrogens is 496 g/mol. The van der Waals surface area contributed by atoms with Gasteiger partial charge in [0.15, 0.2) is 11.5 Å². The fraction of sp³-hybridized carbons (Fsp3) is 0.290. The maximum Gasteiger partial charge on any atom is 0.343 e. The minimum atomic E-state index is -0.519. The lowest BCUT2D eigenvalue weighted by Gasteiger charge is -2.27. The van der Waals surface area contributed by atoms with E-state index in [1.54, 1.807) is 49.6 Å². The molecular formula is C31H32N2O6. The van der Waals surface area contributed by atoms with Gasteiger partial charge in [-0.3, -0.25) is 0 Å². The molecule has 0 radical (unpaired) electrons. The van der Waals surface area contributed by atoms with Gasteiger partial charge in [0.2, 0.25) is 5.88 Å². The molecule has 202 valence electrons. The summed E-state index contributed by atoms with van der Waals surface area (Å²) in [6.45, 7) is 5.31. The number of fused-ring (bicyclic) bond motifs is 1. The van der Waals surface area contributed by atoms with Crippen LogP contribution in [-0.2, 0) is 0 Å². The second kappa shape index (κ2) is 12.7. The number of unbranched alkanes of at least 4 members (excludes halogenated alkanes) is 1. The van der Waals surface area contributed by atoms with Gasteiger partial charge < -0.3 is 29.4 Å². The number of nitrogens with zero attached hydrogens (tertiary/aromatic N) is 1. The zero-order chi connectivity index (χ0) is 27.8. The summed E-state index contributed by atoms with van der Waals surface area (Å²) >= 11 is 0. The fourth-order valence-electron chi connectivity index (χ4n) is 4.22. The number of hydrogen-bond acceptors (Lipinski definition) is 8. The Hall–Kier alpha value is -4.64. The van der Waals surface area contributed by atoms with Gasteiger partial charge in [-0.05, 0) is 60.9 Å². The fourth-order valence-corrected chi connectivity index (χ4v) is 4.22. The smallest absolute Gasteiger partial charge is 0.343 e. The van der Waals surface area contributed by atoms with Crippen LogP contribution in [-0.4, -0.2) is 26.3 Å². The van der Waals surface area contributed by atoms with Gasteiger partial charge in [0, 0.05) is 11.6 Å². The van der Waals surface area contributed by atoms with Crippen molar-refractivity contribution >= 4 is 5.97 Å². The summed E-state index contributed by atoms with van der Waals surface area (Å²) in [7, 11) is 1.57. The number of rotatable bonds is 11. The Morgan fingerprint density at radius 2 is 1.72 bits per heavy atom. The topological polar surface area (TPSA) is 113 Å². The molecule has 3 aromatic rings. The van der Waals surface area contributed by atoms with Gasteiger partial charge in [0.05, 0.1) is 31.8 Å². The summed E-state index contributed by atoms with van der Waals surface area (Å²) in [6, 6.07) is 19.6. The quantitative estimate of drug-likeness (QED) is 0.180. The predicted octanol–water partition coefficient (Wildman–Crippen LogP) is 6.10. The van der Waals surface area contributed by atoms with Crippen molar-refractivity contribution in [1.82, 2.24) is 0 Å². The first kappa shape index (κ1) is 27.4. The second-order valence-electron chi connectivity index (χ2n) is 9.00. The van der Waals surface area contributed by atoms with Gasteiger partial charge in [0.1, 0.15) is 28.9 Å². The van der Waals surface area contributed by atoms with Crippen LogP contribution in [0.1, 0.15) is 60.5 Å². The summed E-state index contributed by atoms with van der Waals surface area (Å²) in [5.74, 6) is 1.53. The molecule has 0 fully saturated rings. The first-order valence-electron chi connectivity index (χ1n) is 13.0. The van der Waals surface area contributed by atoms with E-state index in [1.165, 1.54) is 0 Å². The van der Waals surface area contributed by atoms with E-state index >= 15 is 0 Å². The highest BCUT2D eigenvalue weighted by atomic mass is 16.5. The van der Waals surface area contributed by atoms with Gasteiger partial charge in [-0.15, -0.1) is 0 Å². The summed E-state index contributed by atoms with van der Waals surface area (Å²) in [4.78, 5) is 12.7. The predicted molar refractivity (Wildman–Crippen MR) is 146 cm³/mol. The molecule has 8 heteroatoms. The van der Waals surface area contributed by atoms with Crippen LogP contribution in [0.25, 0.3) is 0 Å². The lowest BCUT2D eigenvalue weighted by molar-refractivity contribution is 0.0734. The summed E-state index contributed by atoms with van der Waals surface area (Å²) < 4.78 is 28.4. The van der Waals surface area contributed by atoms with E-state index in [9.17, 15) is 10.1 Å². The minimum absolute atomic E-state index is 0.0108. The summed E-state index contributed by atoms with van der Waals surface area (Å²) in [5, 5.41) is 9.91. The molecule has 2 N–H and O–H groups in total. The highest BCUT2D eigenvalue weighted by Crippen LogP contribution is 2.45. The number of benzene rings is 3. The highest BCUT2D eigenvalue weighted by Gasteiger charge is 2.32. The van der Waals surface area contributed by atoms with Crippen molar-refractivity contribution in [1.29, 1.82) is 5.26 Å². The average Bonchev–Trinajstić information content (AvgIpc) is 2.95. The number of hydrogen-bond donors (Lipinski definition) is 1. The lowest BCUT2D eigenvalue weighted by Crippen LogP contribution is -2.21. The molecule has 8 nitrogen and oxygen atoms in total. The Kier molecular flexibility index (Phi) is 8.95. The molecule has 0 bridgehead atoms. The van der Waals surface area contributed by atoms with Crippen LogP contribution >= 0.6 is 0 Å². The third kappa shape index (κ3) is 6.27. The monoisotopic (exact) mass is 528 g/mol. The second-order valence-corrected chi connectivity index (χ2v) is 9.00. The standard InChI is InChI=1S/C31H32N2O6/c1-4-6-16-37-26-14-9-21(17-28(26)35-3)29-24-13-12-23(18-27(24)39-30(33)25(29)19-32)38-31(34)20-7-10-22(11-8-20)36-15-5-2/h7-14,17-18,29H,4-6,15-16,33H2,1-3H3. The average molecular weight is 529 g/mol. The van der Waals surface area contributed by atoms with Crippen LogP contribution in [0.15, 0.2) is 72.1 Å². The van der Waals surface area contributed by atoms with Gasteiger partial charge in [-0.1, -0.05) is 32.4 Å². The van der Waals surface area contributed by atoms with E-state index < -0.39 is 11.9 Å². The van der Waals surface area contributed by atoms with Crippen molar-refractivity contribution in [2.75, 3.05) is 20.3 Å². The maximum atomic E-state index is 12.7. The molecule has 0 saturated heterocycles. The van der Waals surface area contributed by atoms with Crippen LogP contribution < -0.4 is 29.4 Å². The third-order valence-corrected chi connectivity index (χ3v) is 6.24. The first-order valence-corrected chi connectivity index (χ1v) is 13.0. The molecule has 0 aliphatic carbocycles. The lowest BCUT2D eigenvalue weighted by atomic mass is 9.83. The Morgan fingerprint density at radius 1 is 0.949 bits per heavy atom. The molecule has 0 amide bonds. The van der Waals surface area contributed by atoms with E-state index in [4.69, 9.17) is 29.4 Å². The summed E-state index contributed by atoms with van der Waals surface area (Å²) in [6.07, 6.45) is 2.85. The molecule has 1 heterocycles. The molecule has 0 saturated carbocycles. The molecule has 1 aliphatic heterocycles. The van der Waals surface area contributed by atoms with E-state index in [1.807, 2.05) is 25.1 Å². The Morgan fingerprint density at radius 3 is 2.41 bits per heavy atom. The minimum Gasteiger partial charge on any atom is -0.494 e. The van der Waals surface area contributed by atoms with Crippen molar-refractivity contribution in [2.45, 2.75) is 39.0 Å². The largest absolute Gasteiger partial charge is 0.494 e. The molecule has 1 atom stereocenters. The number of carbonyl (C=O) groups excluding carboxylic acids is 1. The Bertz CT molecular complexity index is 1390. The molecule has 4 rings (SSSR count). The number of carbonyl (C=O) groups is 1. The number of nitrogens with two attached hydrogens (primary N) is 1. The summed E-state index contributed by atoms with van der Waals surface area (Å²) in [5.41, 5.74) is 8.32. The van der Waals surface area contributed by atoms with Crippen molar-refractivity contribution in [2.24, 2.45) is 5.73 Å². The van der Waals surface area contributed by atoms with E-state index in [2.05, 4.69) is 13.0 Å². The molecule has 0 aromatic heterocycles. The van der Waals surface area contributed by atoms with Crippen molar-refractivity contribution in [3.8, 4) is 34.8 Å². The zero-order valence-corrected chi connectivity index (χ0v) is 22.4. The number of methoxy groups -OCH3 is 1. The molecule has 3 aromatic carbocycles. The molecule has 0 spiro atoms. The van der Waals surface area contributed by atoms with Gasteiger partial charge in [-0.25, -0.2) is 4.79 Å². The van der Waals surface area contributed by atoms with Crippen LogP contribution in [0.3, 0.4) is 0 Å². The van der Waals surface area contributed by atoms with Crippen LogP contribution in [0.5, 0.6) is 28.7 Å². The SMILES string of the molecule is CCCCOc1ccc(C2C(C#N)=C(N)Oc3cc(OC(=O)c4ccc(OCCC)cc4)ccc32)cc1OC. The zero-order valence-electron chi connectivity index (χ0n) is 22.4. The maximum absolute atomic E-state index is 12.7. The van der Waals surface area contributed by atoms with E-state index in [0.717, 1.165) is 24.8 Å². The number of nitriles is 1. The van der Waals surface area contributed by atoms with Crippen molar-refractivity contribution in [3.05, 3.63) is 88.8 Å². The Balaban J connectivity index is 1.59. The normalized spacial score (nSPS) is 14.1. The van der Waals surface area contributed by atoms with Crippen LogP contribution in [0.2, 0.25) is 0 Å². The van der Waals surface area contributed by atoms with Crippen molar-refractivity contribution in [3.63, 3.8) is 0 Å². The van der Waals surface area contributed by atoms with Crippen LogP contribution in [0.4, 0.5) is 0 Å². The van der Waals surface area contributed by atoms with E-state index in [-0.39, 0.29) is 17.2 Å². The van der Waals surface area contributed by atoms with Gasteiger partial charge >= 0.3 is 5.97 Å². The molecule has 1 unspecified atom stereocenters. The number of allylic oxidation sites excluding steroid dienone is 1. The molecule has 39 heavy (non-hydrogen) atoms.